The maximum absolute atomic E-state index is 13.5. The van der Waals surface area contributed by atoms with Crippen molar-refractivity contribution in [3.8, 4) is 0 Å². The molecule has 0 aliphatic carbocycles. The summed E-state index contributed by atoms with van der Waals surface area (Å²) in [5, 5.41) is 15.8. The second-order valence-corrected chi connectivity index (χ2v) is 5.47. The monoisotopic (exact) mass is 300 g/mol. The Kier molecular flexibility index (Phi) is 4.85. The highest BCUT2D eigenvalue weighted by molar-refractivity contribution is 6.00. The van der Waals surface area contributed by atoms with Crippen LogP contribution in [0.15, 0.2) is 35.8 Å². The second-order valence-electron chi connectivity index (χ2n) is 5.47. The number of nitrogens with one attached hydrogen (secondary N) is 2. The zero-order valence-electron chi connectivity index (χ0n) is 13.2. The Bertz CT molecular complexity index is 673. The minimum atomic E-state index is -0.565. The molecule has 0 aromatic carbocycles. The van der Waals surface area contributed by atoms with Gasteiger partial charge in [0.25, 0.3) is 0 Å². The molecule has 1 aromatic rings. The van der Waals surface area contributed by atoms with Gasteiger partial charge in [0.1, 0.15) is 18.3 Å². The minimum Gasteiger partial charge on any atom is -0.291 e. The molecule has 0 bridgehead atoms. The van der Waals surface area contributed by atoms with Crippen LogP contribution < -0.4 is 0 Å². The van der Waals surface area contributed by atoms with Gasteiger partial charge in [0.15, 0.2) is 0 Å². The van der Waals surface area contributed by atoms with Gasteiger partial charge >= 0.3 is 0 Å². The summed E-state index contributed by atoms with van der Waals surface area (Å²) < 4.78 is 13.5. The van der Waals surface area contributed by atoms with Crippen molar-refractivity contribution >= 4 is 17.2 Å². The van der Waals surface area contributed by atoms with Gasteiger partial charge in [0, 0.05) is 30.1 Å². The van der Waals surface area contributed by atoms with Crippen molar-refractivity contribution in [2.24, 2.45) is 0 Å². The standard InChI is InChI=1S/C17H21FN4/c1-11-6-7-21-10-16(11)15(9-18)8-14-4-5-17(20)22(12(14)2)13(3)19/h6-8,10,19-20H,4-5,9H2,1-3H3/b15-8+,19-13?,20-17?. The zero-order valence-corrected chi connectivity index (χ0v) is 13.2. The highest BCUT2D eigenvalue weighted by atomic mass is 19.1. The number of hydrogen-bond donors (Lipinski definition) is 2. The van der Waals surface area contributed by atoms with Crippen molar-refractivity contribution in [3.63, 3.8) is 0 Å². The van der Waals surface area contributed by atoms with E-state index in [9.17, 15) is 4.39 Å². The van der Waals surface area contributed by atoms with E-state index in [0.29, 0.717) is 30.1 Å². The van der Waals surface area contributed by atoms with E-state index in [2.05, 4.69) is 4.98 Å². The summed E-state index contributed by atoms with van der Waals surface area (Å²) in [4.78, 5) is 5.69. The molecule has 2 rings (SSSR count). The van der Waals surface area contributed by atoms with Crippen LogP contribution >= 0.6 is 0 Å². The molecule has 0 saturated heterocycles. The average Bonchev–Trinajstić information content (AvgIpc) is 2.47. The highest BCUT2D eigenvalue weighted by Gasteiger charge is 2.22. The third kappa shape index (κ3) is 3.13. The van der Waals surface area contributed by atoms with Crippen LogP contribution in [0.4, 0.5) is 4.39 Å². The molecule has 0 fully saturated rings. The van der Waals surface area contributed by atoms with Crippen molar-refractivity contribution in [2.75, 3.05) is 6.67 Å². The Hall–Kier alpha value is -2.30. The smallest absolute Gasteiger partial charge is 0.115 e. The van der Waals surface area contributed by atoms with E-state index >= 15 is 0 Å². The first kappa shape index (κ1) is 16.1. The van der Waals surface area contributed by atoms with E-state index < -0.39 is 6.67 Å². The van der Waals surface area contributed by atoms with E-state index in [4.69, 9.17) is 10.8 Å². The number of alkyl halides is 1. The van der Waals surface area contributed by atoms with Gasteiger partial charge in [-0.25, -0.2) is 4.39 Å². The van der Waals surface area contributed by atoms with E-state index in [0.717, 1.165) is 22.4 Å². The molecular weight excluding hydrogens is 279 g/mol. The van der Waals surface area contributed by atoms with Gasteiger partial charge in [-0.3, -0.25) is 20.7 Å². The molecule has 0 saturated carbocycles. The Balaban J connectivity index is 2.47. The minimum absolute atomic E-state index is 0.312. The van der Waals surface area contributed by atoms with Gasteiger partial charge in [0.2, 0.25) is 0 Å². The van der Waals surface area contributed by atoms with Crippen molar-refractivity contribution in [2.45, 2.75) is 33.6 Å². The molecule has 1 aromatic heterocycles. The molecule has 22 heavy (non-hydrogen) atoms. The molecule has 1 aliphatic rings. The number of rotatable bonds is 3. The highest BCUT2D eigenvalue weighted by Crippen LogP contribution is 2.28. The Morgan fingerprint density at radius 3 is 2.73 bits per heavy atom. The fourth-order valence-corrected chi connectivity index (χ4v) is 2.72. The van der Waals surface area contributed by atoms with Gasteiger partial charge < -0.3 is 0 Å². The number of nitrogens with zero attached hydrogens (tertiary/aromatic N) is 2. The van der Waals surface area contributed by atoms with Crippen LogP contribution in [-0.2, 0) is 0 Å². The average molecular weight is 300 g/mol. The lowest BCUT2D eigenvalue weighted by Crippen LogP contribution is -2.35. The van der Waals surface area contributed by atoms with E-state index in [1.807, 2.05) is 26.0 Å². The van der Waals surface area contributed by atoms with Gasteiger partial charge in [-0.1, -0.05) is 6.08 Å². The molecule has 1 aliphatic heterocycles. The predicted molar refractivity (Wildman–Crippen MR) is 87.8 cm³/mol. The van der Waals surface area contributed by atoms with Crippen LogP contribution in [0.3, 0.4) is 0 Å². The van der Waals surface area contributed by atoms with Crippen LogP contribution in [0.1, 0.15) is 37.8 Å². The Morgan fingerprint density at radius 2 is 2.14 bits per heavy atom. The van der Waals surface area contributed by atoms with Crippen LogP contribution in [0.25, 0.3) is 5.57 Å². The normalized spacial score (nSPS) is 16.3. The van der Waals surface area contributed by atoms with Crippen molar-refractivity contribution < 1.29 is 4.39 Å². The summed E-state index contributed by atoms with van der Waals surface area (Å²) in [5.41, 5.74) is 4.19. The third-order valence-electron chi connectivity index (χ3n) is 3.91. The van der Waals surface area contributed by atoms with E-state index in [-0.39, 0.29) is 0 Å². The van der Waals surface area contributed by atoms with Crippen LogP contribution in [0.5, 0.6) is 0 Å². The van der Waals surface area contributed by atoms with Crippen molar-refractivity contribution in [1.82, 2.24) is 9.88 Å². The van der Waals surface area contributed by atoms with Gasteiger partial charge in [-0.05, 0) is 50.0 Å². The quantitative estimate of drug-likeness (QED) is 0.652. The van der Waals surface area contributed by atoms with E-state index in [1.54, 1.807) is 24.2 Å². The predicted octanol–water partition coefficient (Wildman–Crippen LogP) is 4.09. The number of amidine groups is 2. The zero-order chi connectivity index (χ0) is 16.3. The molecule has 2 heterocycles. The summed E-state index contributed by atoms with van der Waals surface area (Å²) in [5.74, 6) is 0.731. The van der Waals surface area contributed by atoms with Crippen LogP contribution in [-0.4, -0.2) is 28.2 Å². The molecular formula is C17H21FN4. The summed E-state index contributed by atoms with van der Waals surface area (Å²) >= 11 is 0. The SMILES string of the molecule is CC(=N)N1C(=N)CCC(/C=C(\CF)c2cnccc2C)=C1C. The molecule has 116 valence electrons. The molecule has 0 unspecified atom stereocenters. The maximum Gasteiger partial charge on any atom is 0.115 e. The third-order valence-corrected chi connectivity index (χ3v) is 3.91. The Morgan fingerprint density at radius 1 is 1.41 bits per heavy atom. The fourth-order valence-electron chi connectivity index (χ4n) is 2.72. The molecule has 2 N–H and O–H groups in total. The first-order valence-corrected chi connectivity index (χ1v) is 7.25. The number of hydrogen-bond acceptors (Lipinski definition) is 3. The lowest BCUT2D eigenvalue weighted by molar-refractivity contribution is 0.570. The van der Waals surface area contributed by atoms with Gasteiger partial charge in [-0.15, -0.1) is 0 Å². The summed E-state index contributed by atoms with van der Waals surface area (Å²) in [6, 6.07) is 1.87. The molecule has 0 spiro atoms. The topological polar surface area (TPSA) is 63.8 Å². The lowest BCUT2D eigenvalue weighted by atomic mass is 9.96. The number of aromatic nitrogens is 1. The first-order valence-electron chi connectivity index (χ1n) is 7.25. The summed E-state index contributed by atoms with van der Waals surface area (Å²) in [6.45, 7) is 4.91. The van der Waals surface area contributed by atoms with Crippen molar-refractivity contribution in [1.29, 1.82) is 10.8 Å². The molecule has 4 nitrogen and oxygen atoms in total. The molecule has 0 radical (unpaired) electrons. The fraction of sp³-hybridized carbons (Fsp3) is 0.353. The molecule has 5 heteroatoms. The Labute approximate surface area is 130 Å². The second kappa shape index (κ2) is 6.64. The maximum atomic E-state index is 13.5. The van der Waals surface area contributed by atoms with Gasteiger partial charge in [0.05, 0.1) is 0 Å². The summed E-state index contributed by atoms with van der Waals surface area (Å²) in [7, 11) is 0. The molecule has 0 atom stereocenters. The largest absolute Gasteiger partial charge is 0.291 e. The number of aryl methyl sites for hydroxylation is 1. The number of halogens is 1. The van der Waals surface area contributed by atoms with Crippen molar-refractivity contribution in [3.05, 3.63) is 46.9 Å². The number of allylic oxidation sites excluding steroid dienone is 4. The summed E-state index contributed by atoms with van der Waals surface area (Å²) in [6.07, 6.45) is 6.48. The first-order chi connectivity index (χ1) is 10.5. The van der Waals surface area contributed by atoms with Gasteiger partial charge in [-0.2, -0.15) is 0 Å². The van der Waals surface area contributed by atoms with E-state index in [1.165, 1.54) is 0 Å². The van der Waals surface area contributed by atoms with Crippen LogP contribution in [0, 0.1) is 17.7 Å². The van der Waals surface area contributed by atoms with Crippen LogP contribution in [0.2, 0.25) is 0 Å². The lowest BCUT2D eigenvalue weighted by Gasteiger charge is -2.31. The number of pyridine rings is 1. The molecule has 0 amide bonds.